The minimum Gasteiger partial charge on any atom is -0.395 e. The van der Waals surface area contributed by atoms with Crippen LogP contribution in [0.25, 0.3) is 0 Å². The lowest BCUT2D eigenvalue weighted by Crippen LogP contribution is -2.22. The zero-order valence-corrected chi connectivity index (χ0v) is 19.8. The average molecular weight is 479 g/mol. The second kappa shape index (κ2) is 12.1. The van der Waals surface area contributed by atoms with Crippen molar-refractivity contribution in [3.8, 4) is 0 Å². The lowest BCUT2D eigenvalue weighted by molar-refractivity contribution is 0.0956. The number of carbonyl (C=O) groups excluding carboxylic acids is 2. The number of likely N-dealkylation sites (N-methyl/N-ethyl adjacent to an activating group) is 1. The first-order chi connectivity index (χ1) is 16.4. The van der Waals surface area contributed by atoms with E-state index in [1.165, 1.54) is 6.07 Å². The second-order valence-corrected chi connectivity index (χ2v) is 8.35. The number of aliphatic hydroxyl groups excluding tert-OH is 1. The molecule has 0 unspecified atom stereocenters. The molecule has 0 bridgehead atoms. The first kappa shape index (κ1) is 25.1. The van der Waals surface area contributed by atoms with E-state index in [1.807, 2.05) is 55.3 Å². The van der Waals surface area contributed by atoms with Crippen LogP contribution in [-0.2, 0) is 6.54 Å². The number of hydrogen-bond donors (Lipinski definition) is 3. The molecule has 0 aliphatic rings. The number of carbonyl (C=O) groups is 2. The quantitative estimate of drug-likeness (QED) is 0.319. The van der Waals surface area contributed by atoms with Gasteiger partial charge in [0, 0.05) is 23.7 Å². The maximum absolute atomic E-state index is 12.8. The van der Waals surface area contributed by atoms with E-state index in [2.05, 4.69) is 15.8 Å². The summed E-state index contributed by atoms with van der Waals surface area (Å²) in [6.07, 6.45) is 1.55. The van der Waals surface area contributed by atoms with Crippen molar-refractivity contribution in [2.24, 2.45) is 5.10 Å². The molecular formula is C26H27ClN4O3. The summed E-state index contributed by atoms with van der Waals surface area (Å²) >= 11 is 6.09. The molecule has 176 valence electrons. The first-order valence-electron chi connectivity index (χ1n) is 10.7. The topological polar surface area (TPSA) is 94.0 Å². The fourth-order valence-electron chi connectivity index (χ4n) is 3.31. The molecule has 0 atom stereocenters. The van der Waals surface area contributed by atoms with Gasteiger partial charge in [0.15, 0.2) is 0 Å². The number of hydrazone groups is 1. The van der Waals surface area contributed by atoms with Crippen molar-refractivity contribution in [3.63, 3.8) is 0 Å². The van der Waals surface area contributed by atoms with Crippen molar-refractivity contribution in [3.05, 3.63) is 99.6 Å². The highest BCUT2D eigenvalue weighted by Gasteiger charge is 2.15. The van der Waals surface area contributed by atoms with Crippen LogP contribution in [0.5, 0.6) is 0 Å². The molecule has 3 rings (SSSR count). The van der Waals surface area contributed by atoms with Gasteiger partial charge in [0.2, 0.25) is 0 Å². The van der Waals surface area contributed by atoms with Crippen LogP contribution in [0.3, 0.4) is 0 Å². The Hall–Kier alpha value is -3.52. The lowest BCUT2D eigenvalue weighted by Gasteiger charge is -2.15. The second-order valence-electron chi connectivity index (χ2n) is 7.92. The van der Waals surface area contributed by atoms with Crippen LogP contribution >= 0.6 is 11.6 Å². The summed E-state index contributed by atoms with van der Waals surface area (Å²) in [5.41, 5.74) is 6.41. The van der Waals surface area contributed by atoms with Gasteiger partial charge < -0.3 is 10.4 Å². The van der Waals surface area contributed by atoms with Crippen molar-refractivity contribution >= 4 is 35.3 Å². The van der Waals surface area contributed by atoms with Gasteiger partial charge in [-0.15, -0.1) is 0 Å². The van der Waals surface area contributed by atoms with Gasteiger partial charge in [0.1, 0.15) is 0 Å². The van der Waals surface area contributed by atoms with Gasteiger partial charge in [0.25, 0.3) is 11.8 Å². The minimum atomic E-state index is -0.496. The fourth-order valence-corrected chi connectivity index (χ4v) is 3.48. The molecule has 0 fully saturated rings. The molecular weight excluding hydrogens is 452 g/mol. The van der Waals surface area contributed by atoms with Crippen molar-refractivity contribution < 1.29 is 14.7 Å². The predicted octanol–water partition coefficient (Wildman–Crippen LogP) is 4.09. The van der Waals surface area contributed by atoms with E-state index in [-0.39, 0.29) is 18.1 Å². The van der Waals surface area contributed by atoms with Crippen LogP contribution in [0.4, 0.5) is 5.69 Å². The number of hydrogen-bond acceptors (Lipinski definition) is 5. The smallest absolute Gasteiger partial charge is 0.273 e. The number of nitrogens with one attached hydrogen (secondary N) is 2. The van der Waals surface area contributed by atoms with Gasteiger partial charge in [-0.2, -0.15) is 5.10 Å². The maximum Gasteiger partial charge on any atom is 0.273 e. The molecule has 0 saturated heterocycles. The summed E-state index contributed by atoms with van der Waals surface area (Å²) in [5.74, 6) is -0.848. The third kappa shape index (κ3) is 7.25. The molecule has 0 saturated carbocycles. The highest BCUT2D eigenvalue weighted by Crippen LogP contribution is 2.22. The Bertz CT molecular complexity index is 1180. The zero-order chi connectivity index (χ0) is 24.5. The summed E-state index contributed by atoms with van der Waals surface area (Å²) < 4.78 is 0. The minimum absolute atomic E-state index is 0.0885. The molecule has 0 aliphatic heterocycles. The van der Waals surface area contributed by atoms with Gasteiger partial charge in [-0.1, -0.05) is 53.6 Å². The van der Waals surface area contributed by atoms with Crippen LogP contribution in [0.1, 0.15) is 37.4 Å². The van der Waals surface area contributed by atoms with Gasteiger partial charge in [-0.05, 0) is 55.4 Å². The SMILES string of the molecule is Cc1cccc(C=NNC(=O)c2cc(Cl)ccc2NC(=O)c2ccc(CN(C)CCO)cc2)c1. The monoisotopic (exact) mass is 478 g/mol. The molecule has 3 aromatic rings. The van der Waals surface area contributed by atoms with Crippen LogP contribution < -0.4 is 10.7 Å². The van der Waals surface area contributed by atoms with Crippen molar-refractivity contribution in [1.29, 1.82) is 0 Å². The number of benzene rings is 3. The van der Waals surface area contributed by atoms with Gasteiger partial charge in [0.05, 0.1) is 24.1 Å². The van der Waals surface area contributed by atoms with Crippen molar-refractivity contribution in [2.75, 3.05) is 25.5 Å². The molecule has 0 heterocycles. The molecule has 3 N–H and O–H groups in total. The molecule has 0 spiro atoms. The summed E-state index contributed by atoms with van der Waals surface area (Å²) in [7, 11) is 1.91. The third-order valence-corrected chi connectivity index (χ3v) is 5.28. The van der Waals surface area contributed by atoms with E-state index in [0.29, 0.717) is 29.4 Å². The standard InChI is InChI=1S/C26H27ClN4O3/c1-18-4-3-5-20(14-18)16-28-30-26(34)23-15-22(27)10-11-24(23)29-25(33)21-8-6-19(7-9-21)17-31(2)12-13-32/h3-11,14-16,32H,12-13,17H2,1-2H3,(H,29,33)(H,30,34). The summed E-state index contributed by atoms with van der Waals surface area (Å²) in [4.78, 5) is 27.5. The maximum atomic E-state index is 12.8. The third-order valence-electron chi connectivity index (χ3n) is 5.05. The zero-order valence-electron chi connectivity index (χ0n) is 19.1. The Morgan fingerprint density at radius 1 is 1.06 bits per heavy atom. The Morgan fingerprint density at radius 3 is 2.53 bits per heavy atom. The number of halogens is 1. The van der Waals surface area contributed by atoms with E-state index in [4.69, 9.17) is 16.7 Å². The molecule has 3 aromatic carbocycles. The number of rotatable bonds is 9. The predicted molar refractivity (Wildman–Crippen MR) is 136 cm³/mol. The van der Waals surface area contributed by atoms with Gasteiger partial charge in [-0.3, -0.25) is 14.5 Å². The molecule has 2 amide bonds. The van der Waals surface area contributed by atoms with Crippen LogP contribution in [0, 0.1) is 6.92 Å². The van der Waals surface area contributed by atoms with Gasteiger partial charge >= 0.3 is 0 Å². The van der Waals surface area contributed by atoms with E-state index in [0.717, 1.165) is 16.7 Å². The van der Waals surface area contributed by atoms with Crippen molar-refractivity contribution in [1.82, 2.24) is 10.3 Å². The Balaban J connectivity index is 1.69. The Kier molecular flexibility index (Phi) is 8.93. The average Bonchev–Trinajstić information content (AvgIpc) is 2.81. The van der Waals surface area contributed by atoms with E-state index in [1.54, 1.807) is 30.5 Å². The highest BCUT2D eigenvalue weighted by molar-refractivity contribution is 6.31. The summed E-state index contributed by atoms with van der Waals surface area (Å²) in [5, 5.41) is 16.2. The van der Waals surface area contributed by atoms with E-state index in [9.17, 15) is 9.59 Å². The molecule has 0 aliphatic carbocycles. The molecule has 34 heavy (non-hydrogen) atoms. The number of aliphatic hydroxyl groups is 1. The van der Waals surface area contributed by atoms with Crippen LogP contribution in [0.15, 0.2) is 71.8 Å². The van der Waals surface area contributed by atoms with Crippen LogP contribution in [0.2, 0.25) is 5.02 Å². The number of aryl methyl sites for hydroxylation is 1. The molecule has 0 radical (unpaired) electrons. The number of anilines is 1. The van der Waals surface area contributed by atoms with Gasteiger partial charge in [-0.25, -0.2) is 5.43 Å². The molecule has 0 aromatic heterocycles. The first-order valence-corrected chi connectivity index (χ1v) is 11.1. The normalized spacial score (nSPS) is 11.1. The fraction of sp³-hybridized carbons (Fsp3) is 0.192. The summed E-state index contributed by atoms with van der Waals surface area (Å²) in [6, 6.07) is 19.5. The Labute approximate surface area is 204 Å². The van der Waals surface area contributed by atoms with Crippen molar-refractivity contribution in [2.45, 2.75) is 13.5 Å². The summed E-state index contributed by atoms with van der Waals surface area (Å²) in [6.45, 7) is 3.29. The number of amides is 2. The largest absolute Gasteiger partial charge is 0.395 e. The van der Waals surface area contributed by atoms with E-state index < -0.39 is 5.91 Å². The van der Waals surface area contributed by atoms with Crippen LogP contribution in [-0.4, -0.2) is 48.2 Å². The molecule has 7 nitrogen and oxygen atoms in total. The molecule has 8 heteroatoms. The number of nitrogens with zero attached hydrogens (tertiary/aromatic N) is 2. The Morgan fingerprint density at radius 2 is 1.82 bits per heavy atom. The van der Waals surface area contributed by atoms with E-state index >= 15 is 0 Å². The lowest BCUT2D eigenvalue weighted by atomic mass is 10.1. The highest BCUT2D eigenvalue weighted by atomic mass is 35.5.